The van der Waals surface area contributed by atoms with Crippen LogP contribution in [0.15, 0.2) is 60.7 Å². The summed E-state index contributed by atoms with van der Waals surface area (Å²) in [6.45, 7) is 1.99. The summed E-state index contributed by atoms with van der Waals surface area (Å²) in [7, 11) is -4.59. The molecule has 5 nitrogen and oxygen atoms in total. The molecule has 0 aliphatic carbocycles. The van der Waals surface area contributed by atoms with Crippen LogP contribution >= 0.6 is 7.82 Å². The molecule has 0 saturated carbocycles. The molecule has 0 radical (unpaired) electrons. The van der Waals surface area contributed by atoms with E-state index in [1.165, 1.54) is 0 Å². The Kier molecular flexibility index (Phi) is 5.97. The zero-order valence-electron chi connectivity index (χ0n) is 13.0. The van der Waals surface area contributed by atoms with Crippen molar-refractivity contribution in [3.8, 4) is 5.75 Å². The van der Waals surface area contributed by atoms with Crippen LogP contribution in [-0.2, 0) is 15.5 Å². The van der Waals surface area contributed by atoms with Gasteiger partial charge in [0.15, 0.2) is 0 Å². The van der Waals surface area contributed by atoms with E-state index < -0.39 is 13.4 Å². The van der Waals surface area contributed by atoms with Gasteiger partial charge >= 0.3 is 7.82 Å². The van der Waals surface area contributed by atoms with Crippen molar-refractivity contribution < 1.29 is 23.6 Å². The molecule has 124 valence electrons. The monoisotopic (exact) mass is 336 g/mol. The van der Waals surface area contributed by atoms with Crippen molar-refractivity contribution in [3.63, 3.8) is 0 Å². The maximum Gasteiger partial charge on any atom is 0.470 e. The molecule has 2 N–H and O–H groups in total. The van der Waals surface area contributed by atoms with Crippen LogP contribution in [0.4, 0.5) is 0 Å². The van der Waals surface area contributed by atoms with E-state index >= 15 is 0 Å². The zero-order chi connectivity index (χ0) is 16.8. The summed E-state index contributed by atoms with van der Waals surface area (Å²) < 4.78 is 22.0. The van der Waals surface area contributed by atoms with Crippen LogP contribution in [-0.4, -0.2) is 22.0 Å². The number of para-hydroxylation sites is 1. The molecule has 0 amide bonds. The van der Waals surface area contributed by atoms with E-state index in [0.29, 0.717) is 25.2 Å². The van der Waals surface area contributed by atoms with Crippen molar-refractivity contribution in [3.05, 3.63) is 66.2 Å². The van der Waals surface area contributed by atoms with Gasteiger partial charge in [0.1, 0.15) is 5.75 Å². The molecule has 0 bridgehead atoms. The summed E-state index contributed by atoms with van der Waals surface area (Å²) in [6.07, 6.45) is 0.735. The molecule has 1 unspecified atom stereocenters. The average molecular weight is 336 g/mol. The van der Waals surface area contributed by atoms with Crippen molar-refractivity contribution in [2.75, 3.05) is 6.61 Å². The first kappa shape index (κ1) is 17.7. The molecule has 0 aliphatic heterocycles. The Morgan fingerprint density at radius 1 is 1.00 bits per heavy atom. The fourth-order valence-electron chi connectivity index (χ4n) is 2.38. The Bertz CT molecular complexity index is 641. The maximum atomic E-state index is 11.3. The third-order valence-electron chi connectivity index (χ3n) is 3.40. The topological polar surface area (TPSA) is 76.0 Å². The lowest BCUT2D eigenvalue weighted by Gasteiger charge is -2.30. The van der Waals surface area contributed by atoms with E-state index in [1.807, 2.05) is 60.7 Å². The van der Waals surface area contributed by atoms with Gasteiger partial charge in [0, 0.05) is 12.8 Å². The van der Waals surface area contributed by atoms with Gasteiger partial charge in [0.2, 0.25) is 0 Å². The first-order valence-electron chi connectivity index (χ1n) is 7.34. The summed E-state index contributed by atoms with van der Waals surface area (Å²) in [5, 5.41) is 0. The zero-order valence-corrected chi connectivity index (χ0v) is 13.9. The summed E-state index contributed by atoms with van der Waals surface area (Å²) in [6, 6.07) is 18.7. The standard InChI is InChI=1S/C17H21O5P/c1-17(22-23(18,19)20,14-15-8-4-2-5-9-15)12-13-21-16-10-6-3-7-11-16/h2-11H,12-14H2,1H3,(H2,18,19,20). The largest absolute Gasteiger partial charge is 0.493 e. The number of hydrogen-bond donors (Lipinski definition) is 2. The predicted molar refractivity (Wildman–Crippen MR) is 88.2 cm³/mol. The number of benzene rings is 2. The number of phosphoric acid groups is 1. The average Bonchev–Trinajstić information content (AvgIpc) is 2.47. The lowest BCUT2D eigenvalue weighted by atomic mass is 9.94. The Hall–Kier alpha value is -1.65. The van der Waals surface area contributed by atoms with Gasteiger partial charge in [-0.05, 0) is 24.6 Å². The van der Waals surface area contributed by atoms with Crippen molar-refractivity contribution in [1.29, 1.82) is 0 Å². The molecule has 1 atom stereocenters. The molecule has 0 heterocycles. The fraction of sp³-hybridized carbons (Fsp3) is 0.294. The van der Waals surface area contributed by atoms with Gasteiger partial charge < -0.3 is 14.5 Å². The molecular formula is C17H21O5P. The molecule has 0 saturated heterocycles. The Labute approximate surface area is 136 Å². The Morgan fingerprint density at radius 3 is 2.13 bits per heavy atom. The maximum absolute atomic E-state index is 11.3. The van der Waals surface area contributed by atoms with Crippen LogP contribution in [0.5, 0.6) is 5.75 Å². The molecule has 0 aromatic heterocycles. The highest BCUT2D eigenvalue weighted by molar-refractivity contribution is 7.46. The van der Waals surface area contributed by atoms with E-state index in [1.54, 1.807) is 6.92 Å². The molecule has 23 heavy (non-hydrogen) atoms. The quantitative estimate of drug-likeness (QED) is 0.721. The second kappa shape index (κ2) is 7.75. The van der Waals surface area contributed by atoms with E-state index in [4.69, 9.17) is 9.26 Å². The molecular weight excluding hydrogens is 315 g/mol. The summed E-state index contributed by atoms with van der Waals surface area (Å²) in [4.78, 5) is 18.4. The van der Waals surface area contributed by atoms with Gasteiger partial charge in [-0.1, -0.05) is 48.5 Å². The smallest absolute Gasteiger partial charge is 0.470 e. The van der Waals surface area contributed by atoms with Gasteiger partial charge in [-0.2, -0.15) is 0 Å². The van der Waals surface area contributed by atoms with E-state index in [9.17, 15) is 14.4 Å². The second-order valence-corrected chi connectivity index (χ2v) is 6.77. The van der Waals surface area contributed by atoms with E-state index in [-0.39, 0.29) is 0 Å². The number of ether oxygens (including phenoxy) is 1. The van der Waals surface area contributed by atoms with Crippen LogP contribution in [0.2, 0.25) is 0 Å². The molecule has 0 aliphatic rings. The van der Waals surface area contributed by atoms with Gasteiger partial charge in [0.05, 0.1) is 12.2 Å². The minimum Gasteiger partial charge on any atom is -0.493 e. The Balaban J connectivity index is 2.02. The van der Waals surface area contributed by atoms with Gasteiger partial charge in [-0.3, -0.25) is 4.52 Å². The highest BCUT2D eigenvalue weighted by Crippen LogP contribution is 2.43. The first-order chi connectivity index (χ1) is 10.9. The number of phosphoric ester groups is 1. The fourth-order valence-corrected chi connectivity index (χ4v) is 3.11. The van der Waals surface area contributed by atoms with Crippen molar-refractivity contribution >= 4 is 7.82 Å². The summed E-state index contributed by atoms with van der Waals surface area (Å²) in [5.41, 5.74) is -0.0713. The van der Waals surface area contributed by atoms with Gasteiger partial charge in [-0.15, -0.1) is 0 Å². The molecule has 0 spiro atoms. The van der Waals surface area contributed by atoms with Crippen LogP contribution in [0, 0.1) is 0 Å². The third-order valence-corrected chi connectivity index (χ3v) is 4.08. The highest BCUT2D eigenvalue weighted by Gasteiger charge is 2.33. The SMILES string of the molecule is CC(CCOc1ccccc1)(Cc1ccccc1)OP(=O)(O)O. The molecule has 2 aromatic carbocycles. The van der Waals surface area contributed by atoms with Gasteiger partial charge in [0.25, 0.3) is 0 Å². The second-order valence-electron chi connectivity index (χ2n) is 5.61. The number of hydrogen-bond acceptors (Lipinski definition) is 3. The molecule has 6 heteroatoms. The Morgan fingerprint density at radius 2 is 1.57 bits per heavy atom. The van der Waals surface area contributed by atoms with E-state index in [0.717, 1.165) is 5.56 Å². The minimum atomic E-state index is -4.59. The van der Waals surface area contributed by atoms with Crippen molar-refractivity contribution in [2.24, 2.45) is 0 Å². The first-order valence-corrected chi connectivity index (χ1v) is 8.87. The molecule has 2 rings (SSSR count). The summed E-state index contributed by atoms with van der Waals surface area (Å²) in [5.74, 6) is 0.714. The molecule has 0 fully saturated rings. The lowest BCUT2D eigenvalue weighted by molar-refractivity contribution is 0.0313. The van der Waals surface area contributed by atoms with Crippen molar-refractivity contribution in [2.45, 2.75) is 25.4 Å². The summed E-state index contributed by atoms with van der Waals surface area (Å²) >= 11 is 0. The normalized spacial score (nSPS) is 14.2. The third kappa shape index (κ3) is 6.55. The number of rotatable bonds is 8. The van der Waals surface area contributed by atoms with E-state index in [2.05, 4.69) is 0 Å². The van der Waals surface area contributed by atoms with Crippen LogP contribution in [0.3, 0.4) is 0 Å². The van der Waals surface area contributed by atoms with Gasteiger partial charge in [-0.25, -0.2) is 4.57 Å². The van der Waals surface area contributed by atoms with Crippen LogP contribution in [0.1, 0.15) is 18.9 Å². The van der Waals surface area contributed by atoms with Crippen molar-refractivity contribution in [1.82, 2.24) is 0 Å². The lowest BCUT2D eigenvalue weighted by Crippen LogP contribution is -2.32. The predicted octanol–water partition coefficient (Wildman–Crippen LogP) is 3.57. The minimum absolute atomic E-state index is 0.299. The van der Waals surface area contributed by atoms with Crippen LogP contribution in [0.25, 0.3) is 0 Å². The molecule has 2 aromatic rings. The highest BCUT2D eigenvalue weighted by atomic mass is 31.2. The van der Waals surface area contributed by atoms with Crippen LogP contribution < -0.4 is 4.74 Å².